The van der Waals surface area contributed by atoms with E-state index in [1.807, 2.05) is 17.1 Å². The first-order valence-electron chi connectivity index (χ1n) is 18.4. The molecule has 22 nitrogen and oxygen atoms in total. The van der Waals surface area contributed by atoms with Gasteiger partial charge in [0.2, 0.25) is 0 Å². The van der Waals surface area contributed by atoms with E-state index in [1.165, 1.54) is 6.08 Å². The second-order valence-corrected chi connectivity index (χ2v) is 17.6. The summed E-state index contributed by atoms with van der Waals surface area (Å²) in [6, 6.07) is 12.8. The molecule has 0 spiro atoms. The number of ether oxygens (including phenoxy) is 2. The molecule has 3 aromatic heterocycles. The minimum absolute atomic E-state index is 0.0256. The third-order valence-corrected chi connectivity index (χ3v) is 12.7. The van der Waals surface area contributed by atoms with E-state index in [2.05, 4.69) is 26.8 Å². The van der Waals surface area contributed by atoms with Crippen LogP contribution in [0, 0.1) is 22.7 Å². The average molecular weight is 924 g/mol. The molecule has 2 saturated heterocycles. The van der Waals surface area contributed by atoms with Gasteiger partial charge in [-0.25, -0.2) is 33.1 Å². The minimum Gasteiger partial charge on any atom is -0.394 e. The first-order valence-corrected chi connectivity index (χ1v) is 22.4. The van der Waals surface area contributed by atoms with Crippen molar-refractivity contribution >= 4 is 49.2 Å². The van der Waals surface area contributed by atoms with Gasteiger partial charge in [0.25, 0.3) is 11.5 Å². The van der Waals surface area contributed by atoms with E-state index in [0.29, 0.717) is 5.56 Å². The lowest BCUT2D eigenvalue weighted by molar-refractivity contribution is -0.0553. The molecular formula is C35H37F2N9O13P2S. The van der Waals surface area contributed by atoms with Crippen LogP contribution in [0.2, 0.25) is 0 Å². The van der Waals surface area contributed by atoms with Crippen LogP contribution in [0.25, 0.3) is 11.2 Å². The number of aromatic nitrogens is 6. The summed E-state index contributed by atoms with van der Waals surface area (Å²) in [5.74, 6) is -0.553. The van der Waals surface area contributed by atoms with Crippen LogP contribution in [-0.2, 0) is 53.0 Å². The van der Waals surface area contributed by atoms with Gasteiger partial charge in [0, 0.05) is 17.8 Å². The Morgan fingerprint density at radius 2 is 1.65 bits per heavy atom. The number of amides is 1. The predicted octanol–water partition coefficient (Wildman–Crippen LogP) is 3.27. The summed E-state index contributed by atoms with van der Waals surface area (Å²) in [4.78, 5) is 51.7. The van der Waals surface area contributed by atoms with Gasteiger partial charge in [-0.1, -0.05) is 24.3 Å². The van der Waals surface area contributed by atoms with Crippen LogP contribution in [0.5, 0.6) is 0 Å². The number of imidazole rings is 1. The Morgan fingerprint density at radius 1 is 0.968 bits per heavy atom. The third kappa shape index (κ3) is 10.8. The SMILES string of the molecule is C=CCOP(=O)(OCCC#N)OC1C(F)[C@H](n2cnc3c(NC(=O)c4ccccc4)ncnc32)O[C@@H]1COP(=S)(OCCC#N)OC1C(F)[C@H](n2ccc(=O)[nH]c2=O)O[C@@H]1CO. The molecular weight excluding hydrogens is 886 g/mol. The summed E-state index contributed by atoms with van der Waals surface area (Å²) in [6.45, 7) is -3.71. The van der Waals surface area contributed by atoms with E-state index in [-0.39, 0.29) is 29.8 Å². The number of aliphatic hydroxyl groups excluding tert-OH is 1. The molecule has 3 N–H and O–H groups in total. The van der Waals surface area contributed by atoms with Crippen molar-refractivity contribution < 1.29 is 59.9 Å². The van der Waals surface area contributed by atoms with Crippen molar-refractivity contribution in [3.63, 3.8) is 0 Å². The molecule has 0 saturated carbocycles. The van der Waals surface area contributed by atoms with Crippen LogP contribution in [-0.4, -0.2) is 110 Å². The van der Waals surface area contributed by atoms with Crippen molar-refractivity contribution in [2.45, 2.75) is 62.1 Å². The molecule has 6 rings (SSSR count). The standard InChI is InChI=1S/C35H37F2N9O13P2S/c1-2-14-52-60(51,53-15-6-11-38)58-29-23(57-34(26(29)37)46-20-42-27-30(40-19-41-31(27)46)44-32(49)21-8-4-3-5-9-21)18-55-61(62,54-16-7-12-39)59-28-22(17-47)56-33(25(28)36)45-13-10-24(48)43-35(45)50/h2-5,8-10,13,19-20,22-23,25-26,28-29,33-34,47H,1,6-7,14-18H2,(H,43,48,50)(H,40,41,44,49)/t22-,23-,25?,26?,28?,29?,33-,34-,60?,61?/m1/s1. The number of alkyl halides is 2. The topological polar surface area (TPSA) is 286 Å². The van der Waals surface area contributed by atoms with Gasteiger partial charge in [-0.15, -0.1) is 6.58 Å². The number of fused-ring (bicyclic) bond motifs is 1. The van der Waals surface area contributed by atoms with Gasteiger partial charge < -0.3 is 28.9 Å². The van der Waals surface area contributed by atoms with Crippen molar-refractivity contribution in [1.82, 2.24) is 29.1 Å². The number of anilines is 1. The molecule has 62 heavy (non-hydrogen) atoms. The lowest BCUT2D eigenvalue weighted by Gasteiger charge is -2.29. The first-order chi connectivity index (χ1) is 29.8. The second-order valence-electron chi connectivity index (χ2n) is 13.0. The number of phosphoric ester groups is 1. The maximum absolute atomic E-state index is 16.9. The van der Waals surface area contributed by atoms with Crippen LogP contribution in [0.3, 0.4) is 0 Å². The lowest BCUT2D eigenvalue weighted by Crippen LogP contribution is -2.37. The van der Waals surface area contributed by atoms with Gasteiger partial charge in [0.1, 0.15) is 30.7 Å². The average Bonchev–Trinajstić information content (AvgIpc) is 3.92. The fourth-order valence-corrected chi connectivity index (χ4v) is 9.55. The second kappa shape index (κ2) is 20.9. The molecule has 0 radical (unpaired) electrons. The minimum atomic E-state index is -4.72. The van der Waals surface area contributed by atoms with E-state index < -0.39 is 114 Å². The molecule has 10 atom stereocenters. The zero-order valence-electron chi connectivity index (χ0n) is 32.1. The largest absolute Gasteiger partial charge is 0.475 e. The number of aliphatic hydroxyl groups is 1. The van der Waals surface area contributed by atoms with Crippen LogP contribution in [0.15, 0.2) is 77.5 Å². The van der Waals surface area contributed by atoms with E-state index >= 15 is 8.78 Å². The van der Waals surface area contributed by atoms with Crippen LogP contribution < -0.4 is 16.6 Å². The van der Waals surface area contributed by atoms with Gasteiger partial charge in [-0.05, 0) is 23.9 Å². The number of benzene rings is 1. The Kier molecular flexibility index (Phi) is 15.7. The Bertz CT molecular complexity index is 2520. The van der Waals surface area contributed by atoms with Crippen molar-refractivity contribution in [1.29, 1.82) is 10.5 Å². The quantitative estimate of drug-likeness (QED) is 0.0614. The molecule has 27 heteroatoms. The summed E-state index contributed by atoms with van der Waals surface area (Å²) >= 11 is 5.61. The molecule has 330 valence electrons. The van der Waals surface area contributed by atoms with Crippen LogP contribution in [0.1, 0.15) is 35.7 Å². The van der Waals surface area contributed by atoms with Crippen molar-refractivity contribution in [3.05, 3.63) is 94.3 Å². The predicted molar refractivity (Wildman–Crippen MR) is 212 cm³/mol. The molecule has 4 aromatic rings. The van der Waals surface area contributed by atoms with Crippen molar-refractivity contribution in [2.24, 2.45) is 0 Å². The lowest BCUT2D eigenvalue weighted by atomic mass is 10.1. The number of nitrogens with zero attached hydrogens (tertiary/aromatic N) is 7. The van der Waals surface area contributed by atoms with E-state index in [1.54, 1.807) is 30.3 Å². The monoisotopic (exact) mass is 923 g/mol. The number of nitriles is 2. The van der Waals surface area contributed by atoms with Gasteiger partial charge in [0.05, 0.1) is 64.3 Å². The normalized spacial score (nSPS) is 25.4. The highest BCUT2D eigenvalue weighted by Gasteiger charge is 2.53. The Hall–Kier alpha value is -4.98. The van der Waals surface area contributed by atoms with Gasteiger partial charge in [-0.3, -0.25) is 41.8 Å². The van der Waals surface area contributed by atoms with Crippen molar-refractivity contribution in [3.8, 4) is 12.1 Å². The molecule has 5 heterocycles. The van der Waals surface area contributed by atoms with Gasteiger partial charge in [0.15, 0.2) is 41.8 Å². The van der Waals surface area contributed by atoms with Gasteiger partial charge in [-0.2, -0.15) is 10.5 Å². The molecule has 2 aliphatic heterocycles. The number of nitrogens with one attached hydrogen (secondary N) is 2. The molecule has 0 aliphatic carbocycles. The fraction of sp³-hybridized carbons (Fsp3) is 0.429. The summed E-state index contributed by atoms with van der Waals surface area (Å²) in [5.41, 5.74) is -1.48. The highest BCUT2D eigenvalue weighted by molar-refractivity contribution is 8.07. The highest BCUT2D eigenvalue weighted by Crippen LogP contribution is 2.57. The first kappa shape index (κ1) is 46.5. The van der Waals surface area contributed by atoms with Crippen LogP contribution in [0.4, 0.5) is 14.6 Å². The number of aromatic amines is 1. The molecule has 2 fully saturated rings. The summed E-state index contributed by atoms with van der Waals surface area (Å²) < 4.78 is 94.3. The number of carbonyl (C=O) groups excluding carboxylic acids is 1. The van der Waals surface area contributed by atoms with Crippen molar-refractivity contribution in [2.75, 3.05) is 38.4 Å². The third-order valence-electron chi connectivity index (χ3n) is 8.92. The molecule has 1 aromatic carbocycles. The number of halogens is 2. The Morgan fingerprint density at radius 3 is 2.32 bits per heavy atom. The number of carbonyl (C=O) groups is 1. The number of phosphoric acid groups is 1. The number of hydrogen-bond acceptors (Lipinski definition) is 19. The summed E-state index contributed by atoms with van der Waals surface area (Å²) in [5, 5.41) is 31.0. The highest BCUT2D eigenvalue weighted by atomic mass is 32.5. The van der Waals surface area contributed by atoms with Gasteiger partial charge >= 0.3 is 20.2 Å². The van der Waals surface area contributed by atoms with E-state index in [9.17, 15) is 29.3 Å². The maximum atomic E-state index is 16.9. The Balaban J connectivity index is 1.30. The summed E-state index contributed by atoms with van der Waals surface area (Å²) in [7, 11) is -4.72. The maximum Gasteiger partial charge on any atom is 0.475 e. The fourth-order valence-electron chi connectivity index (χ4n) is 6.10. The number of H-pyrrole nitrogens is 1. The Labute approximate surface area is 354 Å². The zero-order chi connectivity index (χ0) is 44.4. The molecule has 1 amide bonds. The molecule has 6 unspecified atom stereocenters. The number of hydrogen-bond donors (Lipinski definition) is 3. The zero-order valence-corrected chi connectivity index (χ0v) is 34.7. The van der Waals surface area contributed by atoms with E-state index in [4.69, 9.17) is 53.7 Å². The van der Waals surface area contributed by atoms with Crippen LogP contribution >= 0.6 is 14.5 Å². The molecule has 0 bridgehead atoms. The number of rotatable bonds is 21. The smallest absolute Gasteiger partial charge is 0.394 e. The summed E-state index contributed by atoms with van der Waals surface area (Å²) in [6.07, 6.45) is -10.8. The molecule has 2 aliphatic rings. The van der Waals surface area contributed by atoms with E-state index in [0.717, 1.165) is 34.1 Å².